The van der Waals surface area contributed by atoms with E-state index in [1.165, 1.54) is 55.3 Å². The van der Waals surface area contributed by atoms with Gasteiger partial charge in [0.25, 0.3) is 0 Å². The molecule has 1 aliphatic rings. The third-order valence-corrected chi connectivity index (χ3v) is 12.8. The Bertz CT molecular complexity index is 3210. The highest BCUT2D eigenvalue weighted by Gasteiger charge is 2.36. The Kier molecular flexibility index (Phi) is 9.55. The molecule has 0 amide bonds. The Morgan fingerprint density at radius 2 is 0.794 bits per heavy atom. The van der Waals surface area contributed by atoms with Crippen molar-refractivity contribution in [3.8, 4) is 44.5 Å². The first kappa shape index (κ1) is 38.0. The second kappa shape index (κ2) is 15.8. The van der Waals surface area contributed by atoms with Gasteiger partial charge in [0, 0.05) is 39.5 Å². The third-order valence-electron chi connectivity index (χ3n) is 12.8. The Morgan fingerprint density at radius 1 is 0.286 bits per heavy atom. The van der Waals surface area contributed by atoms with E-state index in [1.807, 2.05) is 0 Å². The van der Waals surface area contributed by atoms with Gasteiger partial charge in [0.1, 0.15) is 0 Å². The smallest absolute Gasteiger partial charge is 0.0488 e. The molecule has 2 nitrogen and oxygen atoms in total. The van der Waals surface area contributed by atoms with Crippen LogP contribution in [0.5, 0.6) is 0 Å². The highest BCUT2D eigenvalue weighted by atomic mass is 15.2. The van der Waals surface area contributed by atoms with Crippen LogP contribution in [0.25, 0.3) is 55.3 Å². The van der Waals surface area contributed by atoms with Crippen LogP contribution in [-0.2, 0) is 5.41 Å². The van der Waals surface area contributed by atoms with Crippen LogP contribution in [0.15, 0.2) is 243 Å². The van der Waals surface area contributed by atoms with Crippen LogP contribution in [0.2, 0.25) is 0 Å². The highest BCUT2D eigenvalue weighted by molar-refractivity contribution is 6.04. The minimum absolute atomic E-state index is 0.142. The summed E-state index contributed by atoms with van der Waals surface area (Å²) < 4.78 is 0. The minimum atomic E-state index is -0.142. The fraction of sp³-hybridized carbons (Fsp3) is 0.0492. The van der Waals surface area contributed by atoms with Crippen LogP contribution >= 0.6 is 0 Å². The summed E-state index contributed by atoms with van der Waals surface area (Å²) in [7, 11) is 0. The maximum atomic E-state index is 2.43. The molecule has 10 aromatic rings. The number of benzene rings is 10. The normalized spacial score (nSPS) is 12.4. The Balaban J connectivity index is 1.14. The Hall–Kier alpha value is -7.94. The van der Waals surface area contributed by atoms with Gasteiger partial charge in [0.2, 0.25) is 0 Å². The van der Waals surface area contributed by atoms with Crippen molar-refractivity contribution in [2.45, 2.75) is 19.3 Å². The molecule has 63 heavy (non-hydrogen) atoms. The first-order chi connectivity index (χ1) is 31.0. The molecule has 2 heteroatoms. The topological polar surface area (TPSA) is 6.48 Å². The molecule has 0 atom stereocenters. The molecule has 11 rings (SSSR count). The zero-order chi connectivity index (χ0) is 42.3. The lowest BCUT2D eigenvalue weighted by Crippen LogP contribution is -2.17. The SMILES string of the molecule is CC1(C)c2ccccc2-c2ccc(N(c3ccccc3)c3cc(-c4cccc(-c5ccc6ccccc6c5-c5ccccc5)c4)cc(N(c4ccccc4)c4ccccc4)c3)cc21. The number of hydrogen-bond acceptors (Lipinski definition) is 2. The second-order valence-electron chi connectivity index (χ2n) is 17.0. The molecule has 0 bridgehead atoms. The van der Waals surface area contributed by atoms with Crippen LogP contribution in [0.1, 0.15) is 25.0 Å². The van der Waals surface area contributed by atoms with Crippen LogP contribution < -0.4 is 9.80 Å². The van der Waals surface area contributed by atoms with Crippen molar-refractivity contribution in [3.05, 3.63) is 254 Å². The highest BCUT2D eigenvalue weighted by Crippen LogP contribution is 2.51. The zero-order valence-corrected chi connectivity index (χ0v) is 35.5. The van der Waals surface area contributed by atoms with E-state index in [9.17, 15) is 0 Å². The monoisotopic (exact) mass is 806 g/mol. The summed E-state index contributed by atoms with van der Waals surface area (Å²) in [5.41, 5.74) is 18.8. The van der Waals surface area contributed by atoms with Gasteiger partial charge in [-0.25, -0.2) is 0 Å². The number of hydrogen-bond donors (Lipinski definition) is 0. The summed E-state index contributed by atoms with van der Waals surface area (Å²) in [5.74, 6) is 0. The van der Waals surface area contributed by atoms with Gasteiger partial charge in [0.05, 0.1) is 0 Å². The lowest BCUT2D eigenvalue weighted by molar-refractivity contribution is 0.660. The van der Waals surface area contributed by atoms with E-state index in [1.54, 1.807) is 0 Å². The number of para-hydroxylation sites is 3. The molecule has 0 N–H and O–H groups in total. The maximum absolute atomic E-state index is 2.43. The summed E-state index contributed by atoms with van der Waals surface area (Å²) in [5, 5.41) is 2.48. The van der Waals surface area contributed by atoms with Crippen molar-refractivity contribution in [1.82, 2.24) is 0 Å². The van der Waals surface area contributed by atoms with Gasteiger partial charge < -0.3 is 9.80 Å². The van der Waals surface area contributed by atoms with Gasteiger partial charge in [0.15, 0.2) is 0 Å². The molecule has 0 saturated carbocycles. The second-order valence-corrected chi connectivity index (χ2v) is 17.0. The fourth-order valence-electron chi connectivity index (χ4n) is 9.77. The number of rotatable bonds is 9. The number of fused-ring (bicyclic) bond motifs is 4. The molecule has 1 aliphatic carbocycles. The van der Waals surface area contributed by atoms with Crippen molar-refractivity contribution in [2.75, 3.05) is 9.80 Å². The molecule has 0 radical (unpaired) electrons. The predicted molar refractivity (Wildman–Crippen MR) is 267 cm³/mol. The van der Waals surface area contributed by atoms with Gasteiger partial charge >= 0.3 is 0 Å². The van der Waals surface area contributed by atoms with E-state index < -0.39 is 0 Å². The summed E-state index contributed by atoms with van der Waals surface area (Å²) in [6.07, 6.45) is 0. The Morgan fingerprint density at radius 3 is 1.46 bits per heavy atom. The van der Waals surface area contributed by atoms with Gasteiger partial charge in [-0.05, 0) is 139 Å². The zero-order valence-electron chi connectivity index (χ0n) is 35.5. The van der Waals surface area contributed by atoms with Crippen molar-refractivity contribution in [3.63, 3.8) is 0 Å². The average Bonchev–Trinajstić information content (AvgIpc) is 3.57. The summed E-state index contributed by atoms with van der Waals surface area (Å²) >= 11 is 0. The molecule has 0 saturated heterocycles. The number of nitrogens with zero attached hydrogens (tertiary/aromatic N) is 2. The largest absolute Gasteiger partial charge is 0.310 e. The standard InChI is InChI=1S/C61H46N2/c1-61(2)58-33-18-17-32-56(58)57-37-35-51(42-59(57)61)63(50-29-13-6-14-30-50)53-40-47(39-52(41-53)62(48-25-9-4-10-26-48)49-27-11-5-12-28-49)45-23-19-24-46(38-45)55-36-34-43-20-15-16-31-54(43)60(55)44-21-7-3-8-22-44/h3-42H,1-2H3. The van der Waals surface area contributed by atoms with Crippen molar-refractivity contribution in [2.24, 2.45) is 0 Å². The first-order valence-electron chi connectivity index (χ1n) is 21.8. The van der Waals surface area contributed by atoms with E-state index in [0.717, 1.165) is 45.3 Å². The van der Waals surface area contributed by atoms with E-state index >= 15 is 0 Å². The molecule has 0 heterocycles. The van der Waals surface area contributed by atoms with Crippen molar-refractivity contribution >= 4 is 44.9 Å². The lowest BCUT2D eigenvalue weighted by atomic mass is 9.82. The van der Waals surface area contributed by atoms with Crippen molar-refractivity contribution in [1.29, 1.82) is 0 Å². The van der Waals surface area contributed by atoms with Crippen LogP contribution in [0.4, 0.5) is 34.1 Å². The lowest BCUT2D eigenvalue weighted by Gasteiger charge is -2.31. The van der Waals surface area contributed by atoms with E-state index in [4.69, 9.17) is 0 Å². The fourth-order valence-corrected chi connectivity index (χ4v) is 9.77. The van der Waals surface area contributed by atoms with Gasteiger partial charge in [-0.15, -0.1) is 0 Å². The summed E-state index contributed by atoms with van der Waals surface area (Å²) in [4.78, 5) is 4.81. The molecule has 10 aromatic carbocycles. The number of anilines is 6. The van der Waals surface area contributed by atoms with Gasteiger partial charge in [-0.2, -0.15) is 0 Å². The molecule has 0 spiro atoms. The van der Waals surface area contributed by atoms with Crippen molar-refractivity contribution < 1.29 is 0 Å². The Labute approximate surface area is 370 Å². The molecule has 300 valence electrons. The molecule has 0 aromatic heterocycles. The van der Waals surface area contributed by atoms with Gasteiger partial charge in [-0.3, -0.25) is 0 Å². The molecule has 0 fully saturated rings. The molecule has 0 aliphatic heterocycles. The molecular weight excluding hydrogens is 761 g/mol. The summed E-state index contributed by atoms with van der Waals surface area (Å²) in [6.45, 7) is 4.72. The van der Waals surface area contributed by atoms with E-state index in [2.05, 4.69) is 266 Å². The molecular formula is C61H46N2. The summed E-state index contributed by atoms with van der Waals surface area (Å²) in [6, 6.07) is 88.4. The predicted octanol–water partition coefficient (Wildman–Crippen LogP) is 17.1. The third kappa shape index (κ3) is 6.87. The molecule has 0 unspecified atom stereocenters. The van der Waals surface area contributed by atoms with E-state index in [0.29, 0.717) is 0 Å². The van der Waals surface area contributed by atoms with E-state index in [-0.39, 0.29) is 5.41 Å². The average molecular weight is 807 g/mol. The van der Waals surface area contributed by atoms with Crippen LogP contribution in [0, 0.1) is 0 Å². The quantitative estimate of drug-likeness (QED) is 0.143. The maximum Gasteiger partial charge on any atom is 0.0488 e. The van der Waals surface area contributed by atoms with Crippen LogP contribution in [0.3, 0.4) is 0 Å². The first-order valence-corrected chi connectivity index (χ1v) is 21.8. The minimum Gasteiger partial charge on any atom is -0.310 e. The van der Waals surface area contributed by atoms with Gasteiger partial charge in [-0.1, -0.05) is 184 Å². The van der Waals surface area contributed by atoms with Crippen LogP contribution in [-0.4, -0.2) is 0 Å².